The van der Waals surface area contributed by atoms with Crippen LogP contribution in [0.2, 0.25) is 0 Å². The number of hydrogen-bond acceptors (Lipinski definition) is 4. The van der Waals surface area contributed by atoms with Crippen molar-refractivity contribution in [2.24, 2.45) is 0 Å². The molecule has 3 rings (SSSR count). The molecule has 4 nitrogen and oxygen atoms in total. The normalized spacial score (nSPS) is 15.6. The van der Waals surface area contributed by atoms with E-state index in [-0.39, 0.29) is 17.9 Å². The summed E-state index contributed by atoms with van der Waals surface area (Å²) in [6, 6.07) is 7.62. The summed E-state index contributed by atoms with van der Waals surface area (Å²) >= 11 is 2.19. The first-order chi connectivity index (χ1) is 12.9. The Morgan fingerprint density at radius 3 is 2.52 bits per heavy atom. The highest BCUT2D eigenvalue weighted by molar-refractivity contribution is 14.1. The van der Waals surface area contributed by atoms with Gasteiger partial charge in [-0.3, -0.25) is 0 Å². The van der Waals surface area contributed by atoms with E-state index in [1.807, 2.05) is 31.2 Å². The SMILES string of the molecule is CCN(c1ncc(C(F)(F)F)c(OC2CCCCC2)n1)c1ccccc1I. The molecule has 0 spiro atoms. The number of hydrogen-bond donors (Lipinski definition) is 0. The van der Waals surface area contributed by atoms with E-state index < -0.39 is 11.7 Å². The highest BCUT2D eigenvalue weighted by Crippen LogP contribution is 2.38. The summed E-state index contributed by atoms with van der Waals surface area (Å²) in [7, 11) is 0. The fourth-order valence-corrected chi connectivity index (χ4v) is 3.88. The third-order valence-corrected chi connectivity index (χ3v) is 5.49. The lowest BCUT2D eigenvalue weighted by molar-refractivity contribution is -0.140. The summed E-state index contributed by atoms with van der Waals surface area (Å²) in [6.07, 6.45) is 0.585. The summed E-state index contributed by atoms with van der Waals surface area (Å²) in [5, 5.41) is 0. The molecule has 1 aromatic carbocycles. The maximum atomic E-state index is 13.4. The van der Waals surface area contributed by atoms with Crippen LogP contribution in [0.25, 0.3) is 0 Å². The molecule has 0 bridgehead atoms. The van der Waals surface area contributed by atoms with Crippen molar-refractivity contribution >= 4 is 34.2 Å². The van der Waals surface area contributed by atoms with Crippen LogP contribution < -0.4 is 9.64 Å². The van der Waals surface area contributed by atoms with Crippen molar-refractivity contribution in [3.05, 3.63) is 39.6 Å². The van der Waals surface area contributed by atoms with Crippen LogP contribution in [0.5, 0.6) is 5.88 Å². The molecule has 1 saturated carbocycles. The minimum Gasteiger partial charge on any atom is -0.474 e. The quantitative estimate of drug-likeness (QED) is 0.484. The molecule has 0 N–H and O–H groups in total. The lowest BCUT2D eigenvalue weighted by Crippen LogP contribution is -2.25. The van der Waals surface area contributed by atoms with Crippen LogP contribution in [0, 0.1) is 3.57 Å². The van der Waals surface area contributed by atoms with Gasteiger partial charge >= 0.3 is 6.18 Å². The van der Waals surface area contributed by atoms with Crippen LogP contribution in [0.4, 0.5) is 24.8 Å². The summed E-state index contributed by atoms with van der Waals surface area (Å²) < 4.78 is 47.0. The van der Waals surface area contributed by atoms with Crippen molar-refractivity contribution in [1.82, 2.24) is 9.97 Å². The largest absolute Gasteiger partial charge is 0.474 e. The number of halogens is 4. The van der Waals surface area contributed by atoms with Gasteiger partial charge in [-0.05, 0) is 67.3 Å². The van der Waals surface area contributed by atoms with Crippen molar-refractivity contribution in [3.63, 3.8) is 0 Å². The fraction of sp³-hybridized carbons (Fsp3) is 0.474. The Morgan fingerprint density at radius 1 is 1.19 bits per heavy atom. The Kier molecular flexibility index (Phi) is 6.44. The van der Waals surface area contributed by atoms with Gasteiger partial charge in [0.1, 0.15) is 11.7 Å². The zero-order chi connectivity index (χ0) is 19.4. The van der Waals surface area contributed by atoms with E-state index in [1.54, 1.807) is 4.90 Å². The van der Waals surface area contributed by atoms with Gasteiger partial charge in [0.05, 0.1) is 5.69 Å². The molecule has 1 aliphatic carbocycles. The van der Waals surface area contributed by atoms with Crippen LogP contribution in [0.15, 0.2) is 30.5 Å². The summed E-state index contributed by atoms with van der Waals surface area (Å²) in [5.74, 6) is -0.163. The lowest BCUT2D eigenvalue weighted by atomic mass is 9.98. The van der Waals surface area contributed by atoms with Crippen LogP contribution in [-0.4, -0.2) is 22.6 Å². The molecule has 1 aliphatic rings. The monoisotopic (exact) mass is 491 g/mol. The van der Waals surface area contributed by atoms with Gasteiger partial charge in [0.2, 0.25) is 11.8 Å². The predicted octanol–water partition coefficient (Wildman–Crippen LogP) is 5.97. The summed E-state index contributed by atoms with van der Waals surface area (Å²) in [5.41, 5.74) is -0.0698. The van der Waals surface area contributed by atoms with Gasteiger partial charge in [0.15, 0.2) is 0 Å². The summed E-state index contributed by atoms with van der Waals surface area (Å²) in [4.78, 5) is 9.98. The van der Waals surface area contributed by atoms with Crippen molar-refractivity contribution in [2.45, 2.75) is 51.3 Å². The van der Waals surface area contributed by atoms with E-state index in [0.717, 1.165) is 47.6 Å². The van der Waals surface area contributed by atoms with Crippen molar-refractivity contribution in [1.29, 1.82) is 0 Å². The third kappa shape index (κ3) is 4.83. The first-order valence-electron chi connectivity index (χ1n) is 9.03. The Hall–Kier alpha value is -1.58. The minimum atomic E-state index is -4.55. The van der Waals surface area contributed by atoms with Gasteiger partial charge < -0.3 is 9.64 Å². The molecule has 0 atom stereocenters. The van der Waals surface area contributed by atoms with Crippen molar-refractivity contribution < 1.29 is 17.9 Å². The van der Waals surface area contributed by atoms with Crippen LogP contribution in [-0.2, 0) is 6.18 Å². The number of para-hydroxylation sites is 1. The standard InChI is InChI=1S/C19H21F3IN3O/c1-2-26(16-11-7-6-10-15(16)23)18-24-12-14(19(20,21)22)17(25-18)27-13-8-4-3-5-9-13/h6-7,10-13H,2-5,8-9H2,1H3. The Balaban J connectivity index is 1.98. The molecule has 2 aromatic rings. The Morgan fingerprint density at radius 2 is 1.89 bits per heavy atom. The molecule has 1 aromatic heterocycles. The van der Waals surface area contributed by atoms with E-state index in [0.29, 0.717) is 6.54 Å². The molecular weight excluding hydrogens is 470 g/mol. The first kappa shape index (κ1) is 20.2. The van der Waals surface area contributed by atoms with Crippen LogP contribution >= 0.6 is 22.6 Å². The van der Waals surface area contributed by atoms with Crippen LogP contribution in [0.1, 0.15) is 44.6 Å². The molecule has 0 saturated heterocycles. The second-order valence-electron chi connectivity index (χ2n) is 6.46. The second kappa shape index (κ2) is 8.62. The van der Waals surface area contributed by atoms with E-state index >= 15 is 0 Å². The highest BCUT2D eigenvalue weighted by Gasteiger charge is 2.37. The van der Waals surface area contributed by atoms with Crippen molar-refractivity contribution in [3.8, 4) is 5.88 Å². The molecule has 0 unspecified atom stereocenters. The topological polar surface area (TPSA) is 38.2 Å². The number of ether oxygens (including phenoxy) is 1. The van der Waals surface area contributed by atoms with E-state index in [9.17, 15) is 13.2 Å². The van der Waals surface area contributed by atoms with Gasteiger partial charge in [-0.1, -0.05) is 18.6 Å². The number of anilines is 2. The average Bonchev–Trinajstić information content (AvgIpc) is 2.64. The maximum Gasteiger partial charge on any atom is 0.423 e. The molecule has 0 radical (unpaired) electrons. The van der Waals surface area contributed by atoms with E-state index in [2.05, 4.69) is 32.6 Å². The van der Waals surface area contributed by atoms with Gasteiger partial charge in [0.25, 0.3) is 0 Å². The Labute approximate surface area is 170 Å². The third-order valence-electron chi connectivity index (χ3n) is 4.58. The lowest BCUT2D eigenvalue weighted by Gasteiger charge is -2.26. The second-order valence-corrected chi connectivity index (χ2v) is 7.62. The Bertz CT molecular complexity index is 779. The fourth-order valence-electron chi connectivity index (χ4n) is 3.20. The van der Waals surface area contributed by atoms with Gasteiger partial charge in [-0.2, -0.15) is 18.2 Å². The van der Waals surface area contributed by atoms with Crippen LogP contribution in [0.3, 0.4) is 0 Å². The predicted molar refractivity (Wildman–Crippen MR) is 106 cm³/mol. The zero-order valence-electron chi connectivity index (χ0n) is 15.0. The zero-order valence-corrected chi connectivity index (χ0v) is 17.1. The number of alkyl halides is 3. The molecule has 27 heavy (non-hydrogen) atoms. The molecule has 146 valence electrons. The molecule has 0 aliphatic heterocycles. The summed E-state index contributed by atoms with van der Waals surface area (Å²) in [6.45, 7) is 2.43. The molecule has 8 heteroatoms. The molecule has 0 amide bonds. The number of rotatable bonds is 5. The average molecular weight is 491 g/mol. The number of nitrogens with zero attached hydrogens (tertiary/aromatic N) is 3. The van der Waals surface area contributed by atoms with Gasteiger partial charge in [0, 0.05) is 16.3 Å². The molecular formula is C19H21F3IN3O. The van der Waals surface area contributed by atoms with Gasteiger partial charge in [-0.15, -0.1) is 0 Å². The van der Waals surface area contributed by atoms with Gasteiger partial charge in [-0.25, -0.2) is 4.98 Å². The molecule has 1 fully saturated rings. The number of benzene rings is 1. The first-order valence-corrected chi connectivity index (χ1v) is 10.1. The number of aromatic nitrogens is 2. The smallest absolute Gasteiger partial charge is 0.423 e. The minimum absolute atomic E-state index is 0.209. The highest BCUT2D eigenvalue weighted by atomic mass is 127. The van der Waals surface area contributed by atoms with E-state index in [1.165, 1.54) is 0 Å². The van der Waals surface area contributed by atoms with Crippen molar-refractivity contribution in [2.75, 3.05) is 11.4 Å². The molecule has 1 heterocycles. The van der Waals surface area contributed by atoms with E-state index in [4.69, 9.17) is 4.74 Å². The maximum absolute atomic E-state index is 13.4.